The molecule has 11 heteroatoms. The Morgan fingerprint density at radius 3 is 2.64 bits per heavy atom. The first-order valence-electron chi connectivity index (χ1n) is 15.6. The summed E-state index contributed by atoms with van der Waals surface area (Å²) in [6.07, 6.45) is 1.25. The number of nitrogen functional groups attached to an aromatic ring is 1. The lowest BCUT2D eigenvalue weighted by Crippen LogP contribution is -2.41. The number of nitriles is 1. The van der Waals surface area contributed by atoms with E-state index in [1.54, 1.807) is 43.3 Å². The topological polar surface area (TPSA) is 118 Å². The Morgan fingerprint density at radius 1 is 1.17 bits per heavy atom. The lowest BCUT2D eigenvalue weighted by atomic mass is 9.79. The number of fused-ring (bicyclic) bond motifs is 1. The third-order valence-electron chi connectivity index (χ3n) is 9.28. The molecule has 1 amide bonds. The third kappa shape index (κ3) is 6.25. The van der Waals surface area contributed by atoms with Gasteiger partial charge in [0.05, 0.1) is 34.5 Å². The van der Waals surface area contributed by atoms with Crippen LogP contribution in [0.4, 0.5) is 28.9 Å². The van der Waals surface area contributed by atoms with Crippen LogP contribution in [0.1, 0.15) is 66.8 Å². The van der Waals surface area contributed by atoms with Crippen LogP contribution in [0.3, 0.4) is 0 Å². The number of amidine groups is 1. The summed E-state index contributed by atoms with van der Waals surface area (Å²) < 4.78 is 57.6. The maximum Gasteiger partial charge on any atom is 0.416 e. The van der Waals surface area contributed by atoms with Crippen molar-refractivity contribution in [2.24, 2.45) is 11.7 Å². The fourth-order valence-electron chi connectivity index (χ4n) is 6.62. The molecule has 6 rings (SSSR count). The van der Waals surface area contributed by atoms with Gasteiger partial charge in [-0.05, 0) is 90.4 Å². The fourth-order valence-corrected chi connectivity index (χ4v) is 6.62. The van der Waals surface area contributed by atoms with Crippen molar-refractivity contribution in [2.75, 3.05) is 10.2 Å². The number of nitrogens with zero attached hydrogens (tertiary/aromatic N) is 2. The maximum atomic E-state index is 15.5. The van der Waals surface area contributed by atoms with E-state index in [0.717, 1.165) is 42.5 Å². The van der Waals surface area contributed by atoms with Gasteiger partial charge in [-0.15, -0.1) is 0 Å². The quantitative estimate of drug-likeness (QED) is 0.113. The number of anilines is 2. The second kappa shape index (κ2) is 12.3. The first kappa shape index (κ1) is 32.0. The number of nitrogens with one attached hydrogen (secondary N) is 3. The molecule has 47 heavy (non-hydrogen) atoms. The summed E-state index contributed by atoms with van der Waals surface area (Å²) in [5, 5.41) is 23.5. The fraction of sp³-hybridized carbons (Fsp3) is 0.306. The molecule has 2 atom stereocenters. The molecule has 5 N–H and O–H groups in total. The number of carbonyl (C=O) groups excluding carboxylic acids is 1. The Labute approximate surface area is 270 Å². The van der Waals surface area contributed by atoms with Crippen molar-refractivity contribution in [1.82, 2.24) is 5.32 Å². The Morgan fingerprint density at radius 2 is 1.96 bits per heavy atom. The number of benzene rings is 3. The van der Waals surface area contributed by atoms with E-state index < -0.39 is 35.1 Å². The molecule has 2 aliphatic heterocycles. The van der Waals surface area contributed by atoms with E-state index in [4.69, 9.17) is 11.1 Å². The molecule has 0 bridgehead atoms. The van der Waals surface area contributed by atoms with E-state index in [1.807, 2.05) is 12.1 Å². The molecule has 2 unspecified atom stereocenters. The van der Waals surface area contributed by atoms with Crippen LogP contribution in [0.25, 0.3) is 0 Å². The van der Waals surface area contributed by atoms with Gasteiger partial charge < -0.3 is 16.0 Å². The largest absolute Gasteiger partial charge is 0.416 e. The first-order chi connectivity index (χ1) is 22.4. The summed E-state index contributed by atoms with van der Waals surface area (Å²) in [4.78, 5) is 15.4. The zero-order chi connectivity index (χ0) is 33.5. The van der Waals surface area contributed by atoms with E-state index >= 15 is 4.39 Å². The van der Waals surface area contributed by atoms with Gasteiger partial charge in [0.2, 0.25) is 0 Å². The van der Waals surface area contributed by atoms with Crippen LogP contribution in [0.15, 0.2) is 84.1 Å². The summed E-state index contributed by atoms with van der Waals surface area (Å²) in [7, 11) is 0. The highest BCUT2D eigenvalue weighted by atomic mass is 19.4. The first-order valence-corrected chi connectivity index (χ1v) is 15.6. The lowest BCUT2D eigenvalue weighted by Gasteiger charge is -2.36. The van der Waals surface area contributed by atoms with Gasteiger partial charge >= 0.3 is 6.18 Å². The minimum atomic E-state index is -4.72. The summed E-state index contributed by atoms with van der Waals surface area (Å²) >= 11 is 0. The molecule has 0 radical (unpaired) electrons. The second-order valence-corrected chi connectivity index (χ2v) is 12.3. The monoisotopic (exact) mass is 642 g/mol. The van der Waals surface area contributed by atoms with Gasteiger partial charge in [0, 0.05) is 17.8 Å². The van der Waals surface area contributed by atoms with E-state index in [2.05, 4.69) is 16.7 Å². The second-order valence-electron chi connectivity index (χ2n) is 12.3. The van der Waals surface area contributed by atoms with Crippen molar-refractivity contribution in [3.8, 4) is 6.07 Å². The molecular weight excluding hydrogens is 608 g/mol. The highest BCUT2D eigenvalue weighted by Gasteiger charge is 2.42. The van der Waals surface area contributed by atoms with Crippen molar-refractivity contribution in [2.45, 2.75) is 63.3 Å². The summed E-state index contributed by atoms with van der Waals surface area (Å²) in [5.41, 5.74) is 7.36. The number of rotatable bonds is 9. The summed E-state index contributed by atoms with van der Waals surface area (Å²) in [5.74, 6) is -1.30. The van der Waals surface area contributed by atoms with E-state index in [-0.39, 0.29) is 23.6 Å². The number of carbonyl (C=O) groups is 1. The average Bonchev–Trinajstić information content (AvgIpc) is 3.83. The van der Waals surface area contributed by atoms with Gasteiger partial charge in [0.15, 0.2) is 0 Å². The van der Waals surface area contributed by atoms with Gasteiger partial charge in [-0.25, -0.2) is 4.39 Å². The van der Waals surface area contributed by atoms with Gasteiger partial charge in [-0.1, -0.05) is 44.0 Å². The molecule has 0 saturated heterocycles. The minimum Gasteiger partial charge on any atom is -0.384 e. The van der Waals surface area contributed by atoms with Crippen LogP contribution >= 0.6 is 0 Å². The van der Waals surface area contributed by atoms with Crippen LogP contribution in [0.5, 0.6) is 0 Å². The van der Waals surface area contributed by atoms with Crippen molar-refractivity contribution in [1.29, 1.82) is 10.7 Å². The van der Waals surface area contributed by atoms with Crippen LogP contribution < -0.4 is 21.3 Å². The zero-order valence-corrected chi connectivity index (χ0v) is 25.7. The number of alkyl halides is 3. The number of allylic oxidation sites excluding steroid dienone is 2. The average molecular weight is 643 g/mol. The Hall–Kier alpha value is -4.95. The molecule has 1 saturated carbocycles. The highest BCUT2D eigenvalue weighted by molar-refractivity contribution is 6.07. The number of amides is 1. The zero-order valence-electron chi connectivity index (χ0n) is 25.7. The van der Waals surface area contributed by atoms with Crippen molar-refractivity contribution in [3.63, 3.8) is 0 Å². The van der Waals surface area contributed by atoms with Crippen LogP contribution in [-0.4, -0.2) is 24.0 Å². The Bertz CT molecular complexity index is 1850. The molecule has 3 aromatic rings. The van der Waals surface area contributed by atoms with Crippen LogP contribution in [0, 0.1) is 28.5 Å². The number of halogens is 4. The number of hydrogen-bond donors (Lipinski definition) is 4. The summed E-state index contributed by atoms with van der Waals surface area (Å²) in [6.45, 7) is 2.20. The maximum absolute atomic E-state index is 15.5. The molecular formula is C36H34F4N6O. The van der Waals surface area contributed by atoms with Crippen molar-refractivity contribution in [3.05, 3.63) is 118 Å². The number of hydrogen-bond acceptors (Lipinski definition) is 5. The van der Waals surface area contributed by atoms with E-state index in [1.165, 1.54) is 17.0 Å². The van der Waals surface area contributed by atoms with Gasteiger partial charge in [-0.3, -0.25) is 15.5 Å². The molecule has 0 aromatic heterocycles. The van der Waals surface area contributed by atoms with E-state index in [0.29, 0.717) is 41.3 Å². The lowest BCUT2D eigenvalue weighted by molar-refractivity contribution is -0.113. The highest BCUT2D eigenvalue weighted by Crippen LogP contribution is 2.46. The Balaban J connectivity index is 1.39. The SMILES string of the molecule is CCC1C=C(C(F)(F)F)C=C(C(=O)Nc2cc(C3(CCC4CC4)NCc4cc(C#N)ccc43)ccc2F)N1c1cccc(C(=N)N)c1. The molecule has 1 fully saturated rings. The van der Waals surface area contributed by atoms with Gasteiger partial charge in [0.1, 0.15) is 17.3 Å². The molecule has 242 valence electrons. The normalized spacial score (nSPS) is 20.6. The number of nitrogens with two attached hydrogens (primary N) is 1. The van der Waals surface area contributed by atoms with Crippen molar-refractivity contribution >= 4 is 23.1 Å². The van der Waals surface area contributed by atoms with Crippen LogP contribution in [0.2, 0.25) is 0 Å². The molecule has 3 aromatic carbocycles. The molecule has 1 aliphatic carbocycles. The van der Waals surface area contributed by atoms with E-state index in [9.17, 15) is 23.2 Å². The standard InChI is InChI=1S/C36H34F4N6O/c1-2-27-16-26(36(38,39)40)18-32(46(27)28-5-3-4-23(15-28)33(42)43)34(47)45-31-17-25(9-11-30(31)37)35(13-12-21-6-7-21)29-10-8-22(19-41)14-24(29)20-44-35/h3-5,8-11,14-18,21,27,44H,2,6-7,12-13,20H2,1H3,(H3,42,43)(H,45,47). The molecule has 0 spiro atoms. The third-order valence-corrected chi connectivity index (χ3v) is 9.28. The Kier molecular flexibility index (Phi) is 8.40. The van der Waals surface area contributed by atoms with Gasteiger partial charge in [0.25, 0.3) is 5.91 Å². The predicted octanol–water partition coefficient (Wildman–Crippen LogP) is 7.13. The molecule has 2 heterocycles. The van der Waals surface area contributed by atoms with Gasteiger partial charge in [-0.2, -0.15) is 18.4 Å². The smallest absolute Gasteiger partial charge is 0.384 e. The molecule has 7 nitrogen and oxygen atoms in total. The van der Waals surface area contributed by atoms with Crippen molar-refractivity contribution < 1.29 is 22.4 Å². The molecule has 3 aliphatic rings. The summed E-state index contributed by atoms with van der Waals surface area (Å²) in [6, 6.07) is 17.6. The minimum absolute atomic E-state index is 0.170. The predicted molar refractivity (Wildman–Crippen MR) is 172 cm³/mol. The van der Waals surface area contributed by atoms with Crippen LogP contribution in [-0.2, 0) is 16.9 Å².